The predicted octanol–water partition coefficient (Wildman–Crippen LogP) is 6.30. The number of benzene rings is 2. The lowest BCUT2D eigenvalue weighted by Crippen LogP contribution is -2.48. The van der Waals surface area contributed by atoms with Gasteiger partial charge in [0, 0.05) is 24.7 Å². The fourth-order valence-electron chi connectivity index (χ4n) is 5.48. The second-order valence-electron chi connectivity index (χ2n) is 12.6. The summed E-state index contributed by atoms with van der Waals surface area (Å²) in [6.07, 6.45) is 3.73. The number of hydrogen-bond donors (Lipinski definition) is 1. The highest BCUT2D eigenvalue weighted by Crippen LogP contribution is 2.40. The number of nitrogen functional groups attached to an aromatic ring is 1. The quantitative estimate of drug-likeness (QED) is 0.222. The fourth-order valence-corrected chi connectivity index (χ4v) is 5.48. The summed E-state index contributed by atoms with van der Waals surface area (Å²) in [5, 5.41) is 15.0. The van der Waals surface area contributed by atoms with Gasteiger partial charge in [0.2, 0.25) is 0 Å². The van der Waals surface area contributed by atoms with Crippen molar-refractivity contribution >= 4 is 22.8 Å². The lowest BCUT2D eigenvalue weighted by molar-refractivity contribution is -0.131. The third-order valence-corrected chi connectivity index (χ3v) is 7.09. The maximum Gasteiger partial charge on any atom is 0.264 e. The molecule has 1 atom stereocenters. The zero-order valence-corrected chi connectivity index (χ0v) is 24.4. The van der Waals surface area contributed by atoms with E-state index in [9.17, 15) is 10.1 Å². The number of aromatic nitrogens is 4. The van der Waals surface area contributed by atoms with E-state index in [1.54, 1.807) is 39.9 Å². The summed E-state index contributed by atoms with van der Waals surface area (Å²) < 4.78 is 23.1. The lowest BCUT2D eigenvalue weighted by Gasteiger charge is -2.42. The molecule has 3 heterocycles. The summed E-state index contributed by atoms with van der Waals surface area (Å²) >= 11 is 0. The molecule has 1 fully saturated rings. The van der Waals surface area contributed by atoms with Gasteiger partial charge in [0.15, 0.2) is 5.65 Å². The van der Waals surface area contributed by atoms with Crippen LogP contribution in [0.25, 0.3) is 22.3 Å². The van der Waals surface area contributed by atoms with Crippen molar-refractivity contribution in [1.29, 1.82) is 5.26 Å². The normalized spacial score (nSPS) is 17.2. The summed E-state index contributed by atoms with van der Waals surface area (Å²) in [6.45, 7) is 10.8. The highest BCUT2D eigenvalue weighted by atomic mass is 19.1. The van der Waals surface area contributed by atoms with Gasteiger partial charge in [-0.25, -0.2) is 19.0 Å². The number of amides is 1. The molecule has 1 amide bonds. The van der Waals surface area contributed by atoms with E-state index in [-0.39, 0.29) is 39.7 Å². The number of ether oxygens (including phenoxy) is 1. The van der Waals surface area contributed by atoms with Crippen LogP contribution in [0.2, 0.25) is 0 Å². The van der Waals surface area contributed by atoms with Crippen molar-refractivity contribution in [3.05, 3.63) is 72.3 Å². The van der Waals surface area contributed by atoms with Crippen LogP contribution in [0, 0.1) is 28.0 Å². The molecule has 0 saturated carbocycles. The molecule has 2 aromatic carbocycles. The number of nitrogens with two attached hydrogens (primary N) is 1. The molecule has 10 heteroatoms. The second-order valence-corrected chi connectivity index (χ2v) is 12.6. The molecule has 1 unspecified atom stereocenters. The van der Waals surface area contributed by atoms with Gasteiger partial charge < -0.3 is 15.4 Å². The van der Waals surface area contributed by atoms with Crippen LogP contribution in [-0.4, -0.2) is 43.6 Å². The van der Waals surface area contributed by atoms with E-state index in [1.165, 1.54) is 12.4 Å². The fraction of sp³-hybridized carbons (Fsp3) is 0.344. The van der Waals surface area contributed by atoms with Crippen molar-refractivity contribution in [2.24, 2.45) is 10.8 Å². The number of carbonyl (C=O) groups is 1. The molecule has 1 aliphatic heterocycles. The average molecular weight is 568 g/mol. The van der Waals surface area contributed by atoms with E-state index in [4.69, 9.17) is 15.6 Å². The zero-order chi connectivity index (χ0) is 30.2. The molecule has 4 aromatic rings. The monoisotopic (exact) mass is 567 g/mol. The molecule has 2 aromatic heterocycles. The van der Waals surface area contributed by atoms with E-state index < -0.39 is 5.82 Å². The highest BCUT2D eigenvalue weighted by molar-refractivity contribution is 5.99. The zero-order valence-electron chi connectivity index (χ0n) is 24.4. The lowest BCUT2D eigenvalue weighted by atomic mass is 9.81. The number of anilines is 1. The van der Waals surface area contributed by atoms with Crippen LogP contribution >= 0.6 is 0 Å². The molecule has 0 aliphatic carbocycles. The summed E-state index contributed by atoms with van der Waals surface area (Å²) in [5.74, 6) is 0.248. The van der Waals surface area contributed by atoms with E-state index in [2.05, 4.69) is 29.9 Å². The van der Waals surface area contributed by atoms with E-state index in [0.717, 1.165) is 0 Å². The molecule has 0 radical (unpaired) electrons. The smallest absolute Gasteiger partial charge is 0.264 e. The van der Waals surface area contributed by atoms with Crippen LogP contribution in [0.1, 0.15) is 47.1 Å². The summed E-state index contributed by atoms with van der Waals surface area (Å²) in [7, 11) is 0. The number of carbonyl (C=O) groups excluding carboxylic acids is 1. The van der Waals surface area contributed by atoms with Gasteiger partial charge in [-0.1, -0.05) is 58.9 Å². The second kappa shape index (κ2) is 10.9. The Kier molecular flexibility index (Phi) is 7.45. The summed E-state index contributed by atoms with van der Waals surface area (Å²) in [6, 6.07) is 15.5. The number of halogens is 1. The largest absolute Gasteiger partial charge is 0.457 e. The van der Waals surface area contributed by atoms with Gasteiger partial charge in [-0.05, 0) is 41.5 Å². The predicted molar refractivity (Wildman–Crippen MR) is 159 cm³/mol. The Morgan fingerprint density at radius 2 is 1.90 bits per heavy atom. The first-order chi connectivity index (χ1) is 19.8. The van der Waals surface area contributed by atoms with Gasteiger partial charge in [0.25, 0.3) is 5.91 Å². The Balaban J connectivity index is 1.54. The number of rotatable bonds is 5. The van der Waals surface area contributed by atoms with Crippen molar-refractivity contribution in [3.8, 4) is 28.8 Å². The number of para-hydroxylation sites is 1. The van der Waals surface area contributed by atoms with Crippen LogP contribution in [0.15, 0.2) is 66.5 Å². The Hall–Kier alpha value is -4.78. The Bertz CT molecular complexity index is 1710. The van der Waals surface area contributed by atoms with Crippen LogP contribution in [-0.2, 0) is 4.79 Å². The van der Waals surface area contributed by atoms with Crippen LogP contribution in [0.5, 0.6) is 11.5 Å². The van der Waals surface area contributed by atoms with Crippen molar-refractivity contribution in [2.45, 2.75) is 47.1 Å². The number of nitrogens with zero attached hydrogens (tertiary/aromatic N) is 6. The van der Waals surface area contributed by atoms with Crippen molar-refractivity contribution in [1.82, 2.24) is 24.6 Å². The first-order valence-electron chi connectivity index (χ1n) is 13.8. The molecule has 0 spiro atoms. The molecule has 0 bridgehead atoms. The maximum absolute atomic E-state index is 15.6. The van der Waals surface area contributed by atoms with Gasteiger partial charge in [-0.15, -0.1) is 0 Å². The number of allylic oxidation sites excluding steroid dienone is 1. The van der Waals surface area contributed by atoms with E-state index >= 15 is 4.39 Å². The number of fused-ring (bicyclic) bond motifs is 1. The standard InChI is InChI=1S/C32H34FN7O2/c1-31(2,3)14-20(16-34)30(41)39-17-21(15-32(4,5)18-39)40-29-26(28(35)36-19-37-29)27(38-40)24-12-11-23(13-25(24)33)42-22-9-7-6-8-10-22/h6-14,19,21H,15,17-18H2,1-5H3,(H2,35,36,37). The maximum atomic E-state index is 15.6. The average Bonchev–Trinajstić information content (AvgIpc) is 3.31. The molecule has 5 rings (SSSR count). The van der Waals surface area contributed by atoms with Gasteiger partial charge in [0.1, 0.15) is 46.8 Å². The van der Waals surface area contributed by atoms with Crippen molar-refractivity contribution in [3.63, 3.8) is 0 Å². The molecule has 1 saturated heterocycles. The summed E-state index contributed by atoms with van der Waals surface area (Å²) in [4.78, 5) is 23.9. The van der Waals surface area contributed by atoms with Gasteiger partial charge in [-0.2, -0.15) is 10.4 Å². The minimum Gasteiger partial charge on any atom is -0.457 e. The molecular weight excluding hydrogens is 533 g/mol. The van der Waals surface area contributed by atoms with E-state index in [1.807, 2.05) is 39.0 Å². The highest BCUT2D eigenvalue weighted by Gasteiger charge is 2.38. The number of likely N-dealkylation sites (tertiary alicyclic amines) is 1. The summed E-state index contributed by atoms with van der Waals surface area (Å²) in [5.41, 5.74) is 6.76. The number of nitriles is 1. The van der Waals surface area contributed by atoms with Gasteiger partial charge >= 0.3 is 0 Å². The first kappa shape index (κ1) is 28.7. The topological polar surface area (TPSA) is 123 Å². The van der Waals surface area contributed by atoms with Crippen LogP contribution in [0.4, 0.5) is 10.2 Å². The van der Waals surface area contributed by atoms with Crippen molar-refractivity contribution in [2.75, 3.05) is 18.8 Å². The Morgan fingerprint density at radius 1 is 1.17 bits per heavy atom. The number of hydrogen-bond acceptors (Lipinski definition) is 7. The molecule has 2 N–H and O–H groups in total. The van der Waals surface area contributed by atoms with Gasteiger partial charge in [-0.3, -0.25) is 4.79 Å². The van der Waals surface area contributed by atoms with Crippen LogP contribution in [0.3, 0.4) is 0 Å². The van der Waals surface area contributed by atoms with Crippen LogP contribution < -0.4 is 10.5 Å². The Labute approximate surface area is 244 Å². The first-order valence-corrected chi connectivity index (χ1v) is 13.8. The molecule has 216 valence electrons. The SMILES string of the molecule is CC(C)(C)C=C(C#N)C(=O)N1CC(n2nc(-c3ccc(Oc4ccccc4)cc3F)c3c(N)ncnc32)CC(C)(C)C1. The minimum atomic E-state index is -0.537. The van der Waals surface area contributed by atoms with Crippen molar-refractivity contribution < 1.29 is 13.9 Å². The molecular formula is C32H34FN7O2. The Morgan fingerprint density at radius 3 is 2.57 bits per heavy atom. The third kappa shape index (κ3) is 5.96. The number of piperidine rings is 1. The van der Waals surface area contributed by atoms with E-state index in [0.29, 0.717) is 47.7 Å². The molecule has 9 nitrogen and oxygen atoms in total. The molecule has 1 aliphatic rings. The minimum absolute atomic E-state index is 0.108. The van der Waals surface area contributed by atoms with Gasteiger partial charge in [0.05, 0.1) is 11.4 Å². The molecule has 42 heavy (non-hydrogen) atoms. The third-order valence-electron chi connectivity index (χ3n) is 7.09.